The molecule has 24 heavy (non-hydrogen) atoms. The zero-order valence-electron chi connectivity index (χ0n) is 13.7. The highest BCUT2D eigenvalue weighted by atomic mass is 16.4. The number of nitrogens with zero attached hydrogens (tertiary/aromatic N) is 4. The fourth-order valence-corrected chi connectivity index (χ4v) is 3.92. The molecule has 0 aromatic carbocycles. The van der Waals surface area contributed by atoms with Gasteiger partial charge in [-0.05, 0) is 63.4 Å². The summed E-state index contributed by atoms with van der Waals surface area (Å²) in [5.74, 6) is -0.873. The minimum Gasteiger partial charge on any atom is -0.477 e. The summed E-state index contributed by atoms with van der Waals surface area (Å²) in [5, 5.41) is 14.4. The van der Waals surface area contributed by atoms with E-state index in [0.717, 1.165) is 48.2 Å². The van der Waals surface area contributed by atoms with E-state index in [9.17, 15) is 9.90 Å². The van der Waals surface area contributed by atoms with Gasteiger partial charge < -0.3 is 10.0 Å². The molecule has 0 atom stereocenters. The van der Waals surface area contributed by atoms with Gasteiger partial charge in [0.1, 0.15) is 5.69 Å². The van der Waals surface area contributed by atoms with Gasteiger partial charge in [0.05, 0.1) is 5.69 Å². The average molecular weight is 326 g/mol. The molecule has 1 saturated heterocycles. The van der Waals surface area contributed by atoms with Crippen LogP contribution in [0.5, 0.6) is 0 Å². The van der Waals surface area contributed by atoms with Gasteiger partial charge in [-0.3, -0.25) is 9.67 Å². The third kappa shape index (κ3) is 2.71. The van der Waals surface area contributed by atoms with E-state index < -0.39 is 5.97 Å². The lowest BCUT2D eigenvalue weighted by Crippen LogP contribution is -2.22. The Balaban J connectivity index is 1.60. The van der Waals surface area contributed by atoms with Crippen LogP contribution in [0.15, 0.2) is 18.5 Å². The molecule has 0 amide bonds. The third-order valence-electron chi connectivity index (χ3n) is 5.10. The number of fused-ring (bicyclic) bond motifs is 3. The molecule has 0 saturated carbocycles. The van der Waals surface area contributed by atoms with Crippen LogP contribution in [0.1, 0.15) is 40.9 Å². The predicted octanol–water partition coefficient (Wildman–Crippen LogP) is 2.23. The molecule has 0 unspecified atom stereocenters. The van der Waals surface area contributed by atoms with Gasteiger partial charge in [0.15, 0.2) is 0 Å². The van der Waals surface area contributed by atoms with Crippen molar-refractivity contribution in [3.8, 4) is 11.3 Å². The van der Waals surface area contributed by atoms with Gasteiger partial charge in [-0.15, -0.1) is 0 Å². The maximum Gasteiger partial charge on any atom is 0.354 e. The Labute approximate surface area is 141 Å². The van der Waals surface area contributed by atoms with Crippen LogP contribution in [0.25, 0.3) is 11.3 Å². The van der Waals surface area contributed by atoms with Crippen LogP contribution in [0.4, 0.5) is 0 Å². The van der Waals surface area contributed by atoms with Crippen molar-refractivity contribution in [1.29, 1.82) is 0 Å². The molecule has 1 aliphatic carbocycles. The number of aromatic nitrogens is 3. The summed E-state index contributed by atoms with van der Waals surface area (Å²) in [6, 6.07) is 1.94. The SMILES string of the molecule is O=C(O)c1c2c(nn1CCCN1CCCC1)-c1ccncc1CC2. The van der Waals surface area contributed by atoms with Crippen LogP contribution in [-0.4, -0.2) is 50.4 Å². The van der Waals surface area contributed by atoms with Crippen LogP contribution in [0.3, 0.4) is 0 Å². The van der Waals surface area contributed by atoms with E-state index in [1.54, 1.807) is 10.9 Å². The molecular formula is C18H22N4O2. The molecular weight excluding hydrogens is 304 g/mol. The standard InChI is InChI=1S/C18H22N4O2/c23-18(24)17-15-5-4-13-12-19-7-6-14(13)16(15)20-22(17)11-3-10-21-8-1-2-9-21/h6-7,12H,1-5,8-11H2,(H,23,24). The smallest absolute Gasteiger partial charge is 0.354 e. The minimum atomic E-state index is -0.873. The largest absolute Gasteiger partial charge is 0.477 e. The van der Waals surface area contributed by atoms with Crippen LogP contribution < -0.4 is 0 Å². The van der Waals surface area contributed by atoms with Gasteiger partial charge in [-0.1, -0.05) is 0 Å². The van der Waals surface area contributed by atoms with E-state index in [1.807, 2.05) is 12.3 Å². The molecule has 1 aliphatic heterocycles. The lowest BCUT2D eigenvalue weighted by atomic mass is 9.90. The second-order valence-electron chi connectivity index (χ2n) is 6.64. The van der Waals surface area contributed by atoms with Crippen molar-refractivity contribution in [1.82, 2.24) is 19.7 Å². The zero-order chi connectivity index (χ0) is 16.5. The average Bonchev–Trinajstić information content (AvgIpc) is 3.22. The maximum atomic E-state index is 11.8. The summed E-state index contributed by atoms with van der Waals surface area (Å²) >= 11 is 0. The number of carboxylic acid groups (broad SMARTS) is 1. The molecule has 2 aliphatic rings. The summed E-state index contributed by atoms with van der Waals surface area (Å²) in [6.07, 6.45) is 8.66. The van der Waals surface area contributed by atoms with Crippen LogP contribution in [0, 0.1) is 0 Å². The second-order valence-corrected chi connectivity index (χ2v) is 6.64. The van der Waals surface area contributed by atoms with Gasteiger partial charge in [0.25, 0.3) is 0 Å². The third-order valence-corrected chi connectivity index (χ3v) is 5.10. The van der Waals surface area contributed by atoms with Crippen molar-refractivity contribution in [3.05, 3.63) is 35.3 Å². The number of aryl methyl sites for hydroxylation is 2. The molecule has 0 spiro atoms. The van der Waals surface area contributed by atoms with Crippen molar-refractivity contribution in [2.45, 2.75) is 38.6 Å². The highest BCUT2D eigenvalue weighted by Crippen LogP contribution is 2.34. The van der Waals surface area contributed by atoms with E-state index in [2.05, 4.69) is 15.0 Å². The lowest BCUT2D eigenvalue weighted by molar-refractivity contribution is 0.0681. The van der Waals surface area contributed by atoms with Crippen molar-refractivity contribution < 1.29 is 9.90 Å². The fraction of sp³-hybridized carbons (Fsp3) is 0.500. The van der Waals surface area contributed by atoms with Crippen molar-refractivity contribution >= 4 is 5.97 Å². The Bertz CT molecular complexity index is 762. The first-order chi connectivity index (χ1) is 11.7. The second kappa shape index (κ2) is 6.36. The molecule has 2 aromatic heterocycles. The Morgan fingerprint density at radius 1 is 1.21 bits per heavy atom. The molecule has 2 aromatic rings. The zero-order valence-corrected chi connectivity index (χ0v) is 13.7. The van der Waals surface area contributed by atoms with Crippen molar-refractivity contribution in [2.24, 2.45) is 0 Å². The first-order valence-electron chi connectivity index (χ1n) is 8.72. The number of hydrogen-bond donors (Lipinski definition) is 1. The normalized spacial score (nSPS) is 16.8. The molecule has 6 nitrogen and oxygen atoms in total. The van der Waals surface area contributed by atoms with E-state index in [4.69, 9.17) is 0 Å². The van der Waals surface area contributed by atoms with Gasteiger partial charge in [0, 0.05) is 30.1 Å². The number of rotatable bonds is 5. The number of carboxylic acids is 1. The molecule has 126 valence electrons. The summed E-state index contributed by atoms with van der Waals surface area (Å²) in [5.41, 5.74) is 4.27. The van der Waals surface area contributed by atoms with Crippen LogP contribution in [-0.2, 0) is 19.4 Å². The molecule has 6 heteroatoms. The van der Waals surface area contributed by atoms with Gasteiger partial charge in [0.2, 0.25) is 0 Å². The summed E-state index contributed by atoms with van der Waals surface area (Å²) in [4.78, 5) is 18.4. The summed E-state index contributed by atoms with van der Waals surface area (Å²) < 4.78 is 1.71. The molecule has 3 heterocycles. The first kappa shape index (κ1) is 15.3. The first-order valence-corrected chi connectivity index (χ1v) is 8.72. The summed E-state index contributed by atoms with van der Waals surface area (Å²) in [7, 11) is 0. The maximum absolute atomic E-state index is 11.8. The highest BCUT2D eigenvalue weighted by molar-refractivity contribution is 5.90. The predicted molar refractivity (Wildman–Crippen MR) is 90.1 cm³/mol. The quantitative estimate of drug-likeness (QED) is 0.912. The van der Waals surface area contributed by atoms with Gasteiger partial charge >= 0.3 is 5.97 Å². The molecule has 1 N–H and O–H groups in total. The van der Waals surface area contributed by atoms with Crippen molar-refractivity contribution in [2.75, 3.05) is 19.6 Å². The molecule has 0 bridgehead atoms. The Morgan fingerprint density at radius 2 is 2.04 bits per heavy atom. The summed E-state index contributed by atoms with van der Waals surface area (Å²) in [6.45, 7) is 4.01. The fourth-order valence-electron chi connectivity index (χ4n) is 3.92. The number of likely N-dealkylation sites (tertiary alicyclic amines) is 1. The van der Waals surface area contributed by atoms with Gasteiger partial charge in [-0.2, -0.15) is 5.10 Å². The van der Waals surface area contributed by atoms with Crippen molar-refractivity contribution in [3.63, 3.8) is 0 Å². The van der Waals surface area contributed by atoms with E-state index in [1.165, 1.54) is 25.9 Å². The molecule has 1 fully saturated rings. The van der Waals surface area contributed by atoms with Crippen LogP contribution in [0.2, 0.25) is 0 Å². The Hall–Kier alpha value is -2.21. The Kier molecular flexibility index (Phi) is 4.06. The topological polar surface area (TPSA) is 71.2 Å². The van der Waals surface area contributed by atoms with E-state index in [-0.39, 0.29) is 0 Å². The van der Waals surface area contributed by atoms with Gasteiger partial charge in [-0.25, -0.2) is 4.79 Å². The lowest BCUT2D eigenvalue weighted by Gasteiger charge is -2.14. The Morgan fingerprint density at radius 3 is 2.83 bits per heavy atom. The molecule has 0 radical (unpaired) electrons. The van der Waals surface area contributed by atoms with E-state index >= 15 is 0 Å². The molecule has 4 rings (SSSR count). The number of hydrogen-bond acceptors (Lipinski definition) is 4. The minimum absolute atomic E-state index is 0.369. The monoisotopic (exact) mass is 326 g/mol. The van der Waals surface area contributed by atoms with Crippen LogP contribution >= 0.6 is 0 Å². The van der Waals surface area contributed by atoms with E-state index in [0.29, 0.717) is 12.2 Å². The number of pyridine rings is 1. The highest BCUT2D eigenvalue weighted by Gasteiger charge is 2.28. The number of aromatic carboxylic acids is 1. The number of carbonyl (C=O) groups is 1.